The van der Waals surface area contributed by atoms with Crippen LogP contribution in [0.15, 0.2) is 29.2 Å². The molecular formula is C18H29NOS. The fourth-order valence-corrected chi connectivity index (χ4v) is 5.31. The highest BCUT2D eigenvalue weighted by atomic mass is 32.2. The zero-order valence-electron chi connectivity index (χ0n) is 13.8. The summed E-state index contributed by atoms with van der Waals surface area (Å²) in [6.07, 6.45) is 4.52. The zero-order chi connectivity index (χ0) is 15.5. The van der Waals surface area contributed by atoms with E-state index in [0.717, 1.165) is 36.3 Å². The molecule has 1 aliphatic carbocycles. The summed E-state index contributed by atoms with van der Waals surface area (Å²) in [6, 6.07) is 8.51. The zero-order valence-corrected chi connectivity index (χ0v) is 14.6. The normalized spacial score (nSPS) is 26.5. The van der Waals surface area contributed by atoms with Gasteiger partial charge in [0.05, 0.1) is 16.0 Å². The van der Waals surface area contributed by atoms with Crippen molar-refractivity contribution in [1.82, 2.24) is 5.32 Å². The molecule has 0 heterocycles. The fourth-order valence-electron chi connectivity index (χ4n) is 3.25. The predicted molar refractivity (Wildman–Crippen MR) is 91.1 cm³/mol. The number of nitrogens with one attached hydrogen (secondary N) is 1. The van der Waals surface area contributed by atoms with Crippen LogP contribution in [0.4, 0.5) is 0 Å². The first kappa shape index (κ1) is 16.7. The van der Waals surface area contributed by atoms with Crippen molar-refractivity contribution in [3.8, 4) is 0 Å². The minimum atomic E-state index is -0.924. The van der Waals surface area contributed by atoms with E-state index in [0.29, 0.717) is 11.5 Å². The van der Waals surface area contributed by atoms with Crippen molar-refractivity contribution >= 4 is 10.8 Å². The van der Waals surface area contributed by atoms with Crippen LogP contribution in [0.3, 0.4) is 0 Å². The topological polar surface area (TPSA) is 29.1 Å². The molecule has 2 nitrogen and oxygen atoms in total. The maximum absolute atomic E-state index is 13.2. The van der Waals surface area contributed by atoms with Gasteiger partial charge in [-0.15, -0.1) is 0 Å². The monoisotopic (exact) mass is 307 g/mol. The van der Waals surface area contributed by atoms with E-state index < -0.39 is 10.8 Å². The molecule has 3 heteroatoms. The lowest BCUT2D eigenvalue weighted by Crippen LogP contribution is -2.48. The Balaban J connectivity index is 2.22. The van der Waals surface area contributed by atoms with Gasteiger partial charge in [0.25, 0.3) is 0 Å². The summed E-state index contributed by atoms with van der Waals surface area (Å²) in [5.41, 5.74) is 1.45. The molecule has 1 saturated carbocycles. The van der Waals surface area contributed by atoms with Crippen molar-refractivity contribution in [2.24, 2.45) is 5.41 Å². The van der Waals surface area contributed by atoms with Gasteiger partial charge < -0.3 is 5.32 Å². The van der Waals surface area contributed by atoms with Gasteiger partial charge in [-0.3, -0.25) is 4.21 Å². The van der Waals surface area contributed by atoms with E-state index in [9.17, 15) is 4.21 Å². The van der Waals surface area contributed by atoms with Crippen molar-refractivity contribution < 1.29 is 4.21 Å². The van der Waals surface area contributed by atoms with Crippen molar-refractivity contribution in [1.29, 1.82) is 0 Å². The van der Waals surface area contributed by atoms with Crippen molar-refractivity contribution in [3.63, 3.8) is 0 Å². The molecule has 1 aliphatic rings. The first-order valence-electron chi connectivity index (χ1n) is 8.14. The van der Waals surface area contributed by atoms with Gasteiger partial charge >= 0.3 is 0 Å². The minimum absolute atomic E-state index is 0.224. The summed E-state index contributed by atoms with van der Waals surface area (Å²) in [5.74, 6) is 0. The Morgan fingerprint density at radius 1 is 1.33 bits per heavy atom. The predicted octanol–water partition coefficient (Wildman–Crippen LogP) is 4.05. The Kier molecular flexibility index (Phi) is 5.61. The second-order valence-corrected chi connectivity index (χ2v) is 8.71. The second-order valence-electron chi connectivity index (χ2n) is 7.07. The molecule has 3 unspecified atom stereocenters. The lowest BCUT2D eigenvalue weighted by molar-refractivity contribution is 0.211. The van der Waals surface area contributed by atoms with E-state index in [1.165, 1.54) is 6.42 Å². The SMILES string of the molecule is CCCNC1CCC(C)(C)CC1S(=O)c1ccccc1C. The molecule has 1 N–H and O–H groups in total. The molecule has 0 aliphatic heterocycles. The smallest absolute Gasteiger partial charge is 0.0579 e. The molecule has 0 spiro atoms. The fraction of sp³-hybridized carbons (Fsp3) is 0.667. The molecule has 118 valence electrons. The van der Waals surface area contributed by atoms with E-state index in [1.807, 2.05) is 18.2 Å². The highest BCUT2D eigenvalue weighted by Gasteiger charge is 2.38. The van der Waals surface area contributed by atoms with Crippen molar-refractivity contribution in [2.75, 3.05) is 6.54 Å². The first-order chi connectivity index (χ1) is 9.94. The van der Waals surface area contributed by atoms with Gasteiger partial charge in [-0.25, -0.2) is 0 Å². The Labute approximate surface area is 132 Å². The van der Waals surface area contributed by atoms with Crippen molar-refractivity contribution in [3.05, 3.63) is 29.8 Å². The molecule has 1 aromatic rings. The molecule has 2 rings (SSSR count). The molecule has 0 amide bonds. The third-order valence-electron chi connectivity index (χ3n) is 4.58. The number of benzene rings is 1. The summed E-state index contributed by atoms with van der Waals surface area (Å²) in [6.45, 7) is 9.89. The summed E-state index contributed by atoms with van der Waals surface area (Å²) in [7, 11) is -0.924. The van der Waals surface area contributed by atoms with E-state index >= 15 is 0 Å². The third-order valence-corrected chi connectivity index (χ3v) is 6.51. The molecule has 1 aromatic carbocycles. The van der Waals surface area contributed by atoms with Gasteiger partial charge in [-0.05, 0) is 56.2 Å². The molecule has 3 atom stereocenters. The quantitative estimate of drug-likeness (QED) is 0.889. The standard InChI is InChI=1S/C18H29NOS/c1-5-12-19-15-10-11-18(3,4)13-17(15)21(20)16-9-7-6-8-14(16)2/h6-9,15,17,19H,5,10-13H2,1-4H3. The highest BCUT2D eigenvalue weighted by molar-refractivity contribution is 7.85. The van der Waals surface area contributed by atoms with Gasteiger partial charge in [-0.1, -0.05) is 39.0 Å². The summed E-state index contributed by atoms with van der Waals surface area (Å²) < 4.78 is 13.2. The van der Waals surface area contributed by atoms with Crippen molar-refractivity contribution in [2.45, 2.75) is 69.6 Å². The van der Waals surface area contributed by atoms with Crippen LogP contribution < -0.4 is 5.32 Å². The van der Waals surface area contributed by atoms with Gasteiger partial charge in [0.2, 0.25) is 0 Å². The van der Waals surface area contributed by atoms with Gasteiger partial charge in [0, 0.05) is 10.9 Å². The summed E-state index contributed by atoms with van der Waals surface area (Å²) in [4.78, 5) is 1.02. The largest absolute Gasteiger partial charge is 0.313 e. The Bertz CT molecular complexity index is 498. The number of hydrogen-bond donors (Lipinski definition) is 1. The number of hydrogen-bond acceptors (Lipinski definition) is 2. The molecule has 21 heavy (non-hydrogen) atoms. The van der Waals surface area contributed by atoms with Crippen LogP contribution in [-0.2, 0) is 10.8 Å². The molecule has 0 bridgehead atoms. The summed E-state index contributed by atoms with van der Waals surface area (Å²) >= 11 is 0. The van der Waals surface area contributed by atoms with Gasteiger partial charge in [-0.2, -0.15) is 0 Å². The average molecular weight is 308 g/mol. The maximum atomic E-state index is 13.2. The Hall–Kier alpha value is -0.670. The summed E-state index contributed by atoms with van der Waals surface area (Å²) in [5, 5.41) is 3.86. The lowest BCUT2D eigenvalue weighted by Gasteiger charge is -2.40. The van der Waals surface area contributed by atoms with E-state index in [-0.39, 0.29) is 5.25 Å². The maximum Gasteiger partial charge on any atom is 0.0579 e. The van der Waals surface area contributed by atoms with Crippen LogP contribution in [0, 0.1) is 12.3 Å². The molecular weight excluding hydrogens is 278 g/mol. The average Bonchev–Trinajstić information content (AvgIpc) is 2.45. The Morgan fingerprint density at radius 2 is 2.05 bits per heavy atom. The van der Waals surface area contributed by atoms with E-state index in [4.69, 9.17) is 0 Å². The van der Waals surface area contributed by atoms with Crippen LogP contribution in [0.1, 0.15) is 52.0 Å². The van der Waals surface area contributed by atoms with Crippen LogP contribution in [0.5, 0.6) is 0 Å². The number of aryl methyl sites for hydroxylation is 1. The van der Waals surface area contributed by atoms with Gasteiger partial charge in [0.15, 0.2) is 0 Å². The second kappa shape index (κ2) is 7.06. The molecule has 0 aromatic heterocycles. The number of rotatable bonds is 5. The molecule has 0 saturated heterocycles. The van der Waals surface area contributed by atoms with Crippen LogP contribution >= 0.6 is 0 Å². The van der Waals surface area contributed by atoms with Crippen LogP contribution in [-0.4, -0.2) is 22.0 Å². The van der Waals surface area contributed by atoms with E-state index in [2.05, 4.69) is 39.1 Å². The molecule has 1 fully saturated rings. The van der Waals surface area contributed by atoms with Crippen LogP contribution in [0.25, 0.3) is 0 Å². The molecule has 0 radical (unpaired) electrons. The Morgan fingerprint density at radius 3 is 2.71 bits per heavy atom. The minimum Gasteiger partial charge on any atom is -0.313 e. The van der Waals surface area contributed by atoms with E-state index in [1.54, 1.807) is 0 Å². The highest BCUT2D eigenvalue weighted by Crippen LogP contribution is 2.39. The lowest BCUT2D eigenvalue weighted by atomic mass is 9.75. The van der Waals surface area contributed by atoms with Crippen LogP contribution in [0.2, 0.25) is 0 Å². The first-order valence-corrected chi connectivity index (χ1v) is 9.35. The third kappa shape index (κ3) is 4.17. The van der Waals surface area contributed by atoms with Gasteiger partial charge in [0.1, 0.15) is 0 Å².